The van der Waals surface area contributed by atoms with Gasteiger partial charge in [-0.05, 0) is 13.3 Å². The average molecular weight is 190 g/mol. The van der Waals surface area contributed by atoms with Crippen molar-refractivity contribution in [1.29, 1.82) is 0 Å². The number of amides is 2. The van der Waals surface area contributed by atoms with Gasteiger partial charge >= 0.3 is 0 Å². The molecule has 0 radical (unpaired) electrons. The Morgan fingerprint density at radius 3 is 2.58 bits per heavy atom. The molecular weight excluding hydrogens is 178 g/mol. The summed E-state index contributed by atoms with van der Waals surface area (Å²) in [4.78, 5) is 23.8. The van der Waals surface area contributed by atoms with Crippen LogP contribution < -0.4 is 0 Å². The summed E-state index contributed by atoms with van der Waals surface area (Å²) in [6.07, 6.45) is 0.751. The summed E-state index contributed by atoms with van der Waals surface area (Å²) in [5, 5.41) is 0. The van der Waals surface area contributed by atoms with Crippen molar-refractivity contribution in [2.75, 3.05) is 5.88 Å². The molecule has 2 unspecified atom stereocenters. The molecule has 12 heavy (non-hydrogen) atoms. The molecule has 1 rings (SSSR count). The summed E-state index contributed by atoms with van der Waals surface area (Å²) in [6, 6.07) is 0.0127. The first-order valence-electron chi connectivity index (χ1n) is 3.99. The predicted molar refractivity (Wildman–Crippen MR) is 45.8 cm³/mol. The molecule has 1 aliphatic heterocycles. The molecule has 0 aromatic heterocycles. The van der Waals surface area contributed by atoms with E-state index in [1.165, 1.54) is 4.90 Å². The molecule has 1 fully saturated rings. The Balaban J connectivity index is 2.76. The molecule has 4 heteroatoms. The number of hydrogen-bond acceptors (Lipinski definition) is 2. The van der Waals surface area contributed by atoms with Gasteiger partial charge in [-0.25, -0.2) is 0 Å². The Morgan fingerprint density at radius 1 is 1.67 bits per heavy atom. The number of carbonyl (C=O) groups is 2. The standard InChI is InChI=1S/C8H12ClNO2/c1-5-3-6(2)10(8(5)12)7(11)4-9/h5-6H,3-4H2,1-2H3. The maximum atomic E-state index is 11.4. The first-order valence-corrected chi connectivity index (χ1v) is 4.53. The van der Waals surface area contributed by atoms with Gasteiger partial charge in [-0.15, -0.1) is 11.6 Å². The second-order valence-corrected chi connectivity index (χ2v) is 3.49. The second kappa shape index (κ2) is 3.44. The zero-order chi connectivity index (χ0) is 9.30. The number of likely N-dealkylation sites (tertiary alicyclic amines) is 1. The van der Waals surface area contributed by atoms with Crippen LogP contribution in [0.2, 0.25) is 0 Å². The zero-order valence-corrected chi connectivity index (χ0v) is 7.97. The van der Waals surface area contributed by atoms with Crippen molar-refractivity contribution in [3.05, 3.63) is 0 Å². The molecule has 1 aliphatic rings. The monoisotopic (exact) mass is 189 g/mol. The molecule has 2 atom stereocenters. The molecule has 0 spiro atoms. The quantitative estimate of drug-likeness (QED) is 0.578. The normalized spacial score (nSPS) is 29.6. The van der Waals surface area contributed by atoms with Crippen molar-refractivity contribution < 1.29 is 9.59 Å². The second-order valence-electron chi connectivity index (χ2n) is 3.22. The van der Waals surface area contributed by atoms with E-state index < -0.39 is 0 Å². The highest BCUT2D eigenvalue weighted by Gasteiger charge is 2.37. The molecule has 0 aromatic carbocycles. The van der Waals surface area contributed by atoms with Crippen molar-refractivity contribution in [1.82, 2.24) is 4.90 Å². The fourth-order valence-corrected chi connectivity index (χ4v) is 1.73. The van der Waals surface area contributed by atoms with Gasteiger partial charge in [0, 0.05) is 12.0 Å². The summed E-state index contributed by atoms with van der Waals surface area (Å²) < 4.78 is 0. The van der Waals surface area contributed by atoms with E-state index in [0.29, 0.717) is 0 Å². The van der Waals surface area contributed by atoms with Gasteiger partial charge in [0.25, 0.3) is 0 Å². The van der Waals surface area contributed by atoms with Crippen LogP contribution in [0, 0.1) is 5.92 Å². The van der Waals surface area contributed by atoms with Gasteiger partial charge in [0.05, 0.1) is 0 Å². The lowest BCUT2D eigenvalue weighted by Gasteiger charge is -2.17. The smallest absolute Gasteiger partial charge is 0.244 e. The topological polar surface area (TPSA) is 37.4 Å². The number of imide groups is 1. The summed E-state index contributed by atoms with van der Waals surface area (Å²) in [5.41, 5.74) is 0. The molecule has 0 saturated carbocycles. The molecule has 0 bridgehead atoms. The highest BCUT2D eigenvalue weighted by molar-refractivity contribution is 6.28. The third-order valence-corrected chi connectivity index (χ3v) is 2.41. The van der Waals surface area contributed by atoms with Crippen LogP contribution in [0.3, 0.4) is 0 Å². The molecule has 1 heterocycles. The number of halogens is 1. The molecule has 0 aliphatic carbocycles. The van der Waals surface area contributed by atoms with Gasteiger partial charge in [-0.3, -0.25) is 14.5 Å². The summed E-state index contributed by atoms with van der Waals surface area (Å²) in [7, 11) is 0. The Hall–Kier alpha value is -0.570. The minimum Gasteiger partial charge on any atom is -0.279 e. The molecule has 3 nitrogen and oxygen atoms in total. The minimum atomic E-state index is -0.279. The number of rotatable bonds is 1. The van der Waals surface area contributed by atoms with Gasteiger partial charge < -0.3 is 0 Å². The van der Waals surface area contributed by atoms with Crippen LogP contribution in [0.25, 0.3) is 0 Å². The van der Waals surface area contributed by atoms with E-state index in [1.807, 2.05) is 13.8 Å². The molecule has 0 aromatic rings. The van der Waals surface area contributed by atoms with Crippen LogP contribution in [0.4, 0.5) is 0 Å². The van der Waals surface area contributed by atoms with E-state index in [1.54, 1.807) is 0 Å². The molecule has 68 valence electrons. The Morgan fingerprint density at radius 2 is 2.25 bits per heavy atom. The van der Waals surface area contributed by atoms with Gasteiger partial charge in [0.1, 0.15) is 5.88 Å². The van der Waals surface area contributed by atoms with Crippen molar-refractivity contribution in [2.24, 2.45) is 5.92 Å². The van der Waals surface area contributed by atoms with Crippen LogP contribution >= 0.6 is 11.6 Å². The van der Waals surface area contributed by atoms with E-state index in [-0.39, 0.29) is 29.7 Å². The number of nitrogens with zero attached hydrogens (tertiary/aromatic N) is 1. The lowest BCUT2D eigenvalue weighted by atomic mass is 10.1. The lowest BCUT2D eigenvalue weighted by Crippen LogP contribution is -2.38. The van der Waals surface area contributed by atoms with E-state index in [9.17, 15) is 9.59 Å². The van der Waals surface area contributed by atoms with Crippen LogP contribution in [0.5, 0.6) is 0 Å². The Labute approximate surface area is 76.7 Å². The fourth-order valence-electron chi connectivity index (χ4n) is 1.61. The Kier molecular flexibility index (Phi) is 2.73. The molecular formula is C8H12ClNO2. The third kappa shape index (κ3) is 1.46. The van der Waals surface area contributed by atoms with E-state index in [2.05, 4.69) is 0 Å². The number of hydrogen-bond donors (Lipinski definition) is 0. The van der Waals surface area contributed by atoms with Gasteiger partial charge in [0.2, 0.25) is 11.8 Å². The Bertz CT molecular complexity index is 217. The van der Waals surface area contributed by atoms with Gasteiger partial charge in [-0.1, -0.05) is 6.92 Å². The van der Waals surface area contributed by atoms with Crippen LogP contribution in [0.1, 0.15) is 20.3 Å². The summed E-state index contributed by atoms with van der Waals surface area (Å²) in [6.45, 7) is 3.70. The largest absolute Gasteiger partial charge is 0.279 e. The molecule has 0 N–H and O–H groups in total. The predicted octanol–water partition coefficient (Wildman–Crippen LogP) is 1.01. The molecule has 2 amide bonds. The van der Waals surface area contributed by atoms with Gasteiger partial charge in [-0.2, -0.15) is 0 Å². The minimum absolute atomic E-state index is 0.0127. The van der Waals surface area contributed by atoms with Crippen LogP contribution in [0.15, 0.2) is 0 Å². The van der Waals surface area contributed by atoms with Gasteiger partial charge in [0.15, 0.2) is 0 Å². The SMILES string of the molecule is CC1CC(C)N(C(=O)CCl)C1=O. The summed E-state index contributed by atoms with van der Waals surface area (Å²) in [5.74, 6) is -0.512. The average Bonchev–Trinajstić information content (AvgIpc) is 2.26. The van der Waals surface area contributed by atoms with Crippen LogP contribution in [-0.2, 0) is 9.59 Å². The highest BCUT2D eigenvalue weighted by Crippen LogP contribution is 2.23. The maximum absolute atomic E-state index is 11.4. The fraction of sp³-hybridized carbons (Fsp3) is 0.750. The first kappa shape index (κ1) is 9.52. The summed E-state index contributed by atoms with van der Waals surface area (Å²) >= 11 is 5.37. The van der Waals surface area contributed by atoms with E-state index >= 15 is 0 Å². The number of alkyl halides is 1. The number of carbonyl (C=O) groups excluding carboxylic acids is 2. The van der Waals surface area contributed by atoms with Crippen LogP contribution in [-0.4, -0.2) is 28.6 Å². The highest BCUT2D eigenvalue weighted by atomic mass is 35.5. The van der Waals surface area contributed by atoms with E-state index in [4.69, 9.17) is 11.6 Å². The van der Waals surface area contributed by atoms with Crippen molar-refractivity contribution in [2.45, 2.75) is 26.3 Å². The van der Waals surface area contributed by atoms with Crippen molar-refractivity contribution in [3.63, 3.8) is 0 Å². The first-order chi connectivity index (χ1) is 5.57. The third-order valence-electron chi connectivity index (χ3n) is 2.18. The van der Waals surface area contributed by atoms with Crippen molar-refractivity contribution in [3.8, 4) is 0 Å². The zero-order valence-electron chi connectivity index (χ0n) is 7.21. The lowest BCUT2D eigenvalue weighted by molar-refractivity contribution is -0.143. The maximum Gasteiger partial charge on any atom is 0.244 e. The van der Waals surface area contributed by atoms with E-state index in [0.717, 1.165) is 6.42 Å². The molecule has 1 saturated heterocycles. The van der Waals surface area contributed by atoms with Crippen molar-refractivity contribution >= 4 is 23.4 Å².